The van der Waals surface area contributed by atoms with Crippen LogP contribution in [0.15, 0.2) is 41.2 Å². The van der Waals surface area contributed by atoms with E-state index in [4.69, 9.17) is 19.6 Å². The second-order valence-electron chi connectivity index (χ2n) is 8.41. The minimum Gasteiger partial charge on any atom is -0.486 e. The third kappa shape index (κ3) is 5.05. The maximum Gasteiger partial charge on any atom is 0.334 e. The van der Waals surface area contributed by atoms with Crippen LogP contribution in [0.4, 0.5) is 0 Å². The number of aromatic nitrogens is 2. The van der Waals surface area contributed by atoms with E-state index in [1.165, 1.54) is 7.11 Å². The molecule has 0 radical (unpaired) electrons. The summed E-state index contributed by atoms with van der Waals surface area (Å²) in [5.74, 6) is -0.641. The summed E-state index contributed by atoms with van der Waals surface area (Å²) >= 11 is 0. The van der Waals surface area contributed by atoms with Crippen molar-refractivity contribution in [1.82, 2.24) is 9.55 Å². The van der Waals surface area contributed by atoms with Crippen LogP contribution in [-0.4, -0.2) is 45.2 Å². The highest BCUT2D eigenvalue weighted by Crippen LogP contribution is 2.38. The number of fused-ring (bicyclic) bond motifs is 4. The highest BCUT2D eigenvalue weighted by molar-refractivity contribution is 5.89. The van der Waals surface area contributed by atoms with E-state index < -0.39 is 18.2 Å². The quantitative estimate of drug-likeness (QED) is 0.258. The number of aryl methyl sites for hydroxylation is 1. The van der Waals surface area contributed by atoms with Gasteiger partial charge in [0.05, 0.1) is 35.6 Å². The minimum atomic E-state index is -1.45. The molecule has 1 aliphatic heterocycles. The van der Waals surface area contributed by atoms with Crippen LogP contribution in [-0.2, 0) is 33.9 Å². The highest BCUT2D eigenvalue weighted by Gasteiger charge is 2.29. The van der Waals surface area contributed by atoms with Gasteiger partial charge in [0.1, 0.15) is 18.0 Å². The lowest BCUT2D eigenvalue weighted by Crippen LogP contribution is -2.26. The number of carboxylic acid groups (broad SMARTS) is 1. The second-order valence-corrected chi connectivity index (χ2v) is 8.41. The summed E-state index contributed by atoms with van der Waals surface area (Å²) < 4.78 is 12.5. The molecule has 4 rings (SSSR count). The number of pyridine rings is 2. The monoisotopic (exact) mass is 508 g/mol. The molecule has 0 bridgehead atoms. The number of aliphatic hydroxyl groups is 1. The Bertz CT molecular complexity index is 1420. The number of carboxylic acids is 1. The molecular weight excluding hydrogens is 476 g/mol. The molecule has 9 heteroatoms. The van der Waals surface area contributed by atoms with Crippen molar-refractivity contribution in [2.45, 2.75) is 59.5 Å². The van der Waals surface area contributed by atoms with Gasteiger partial charge in [-0.1, -0.05) is 27.4 Å². The van der Waals surface area contributed by atoms with E-state index in [1.54, 1.807) is 29.7 Å². The van der Waals surface area contributed by atoms with Crippen LogP contribution in [0.25, 0.3) is 22.3 Å². The van der Waals surface area contributed by atoms with Crippen LogP contribution in [0.3, 0.4) is 0 Å². The Morgan fingerprint density at radius 1 is 1.27 bits per heavy atom. The van der Waals surface area contributed by atoms with Gasteiger partial charge in [-0.3, -0.25) is 4.79 Å². The molecule has 2 aromatic heterocycles. The van der Waals surface area contributed by atoms with E-state index in [9.17, 15) is 19.5 Å². The number of hydrogen-bond acceptors (Lipinski definition) is 7. The first-order valence-electron chi connectivity index (χ1n) is 12.1. The summed E-state index contributed by atoms with van der Waals surface area (Å²) in [7, 11) is 1.44. The largest absolute Gasteiger partial charge is 0.486 e. The Morgan fingerprint density at radius 3 is 2.57 bits per heavy atom. The molecular formula is C28H32N2O7. The molecule has 2 unspecified atom stereocenters. The van der Waals surface area contributed by atoms with Gasteiger partial charge in [0, 0.05) is 29.2 Å². The van der Waals surface area contributed by atoms with Gasteiger partial charge in [0.15, 0.2) is 6.29 Å². The van der Waals surface area contributed by atoms with Gasteiger partial charge in [0.25, 0.3) is 5.56 Å². The van der Waals surface area contributed by atoms with Crippen LogP contribution in [0.5, 0.6) is 5.75 Å². The van der Waals surface area contributed by atoms with E-state index in [0.29, 0.717) is 41.9 Å². The van der Waals surface area contributed by atoms with Gasteiger partial charge in [-0.25, -0.2) is 9.78 Å². The summed E-state index contributed by atoms with van der Waals surface area (Å²) in [6.45, 7) is 11.4. The van der Waals surface area contributed by atoms with E-state index >= 15 is 0 Å². The normalized spacial score (nSPS) is 13.1. The number of carbonyl (C=O) groups excluding carboxylic acids is 1. The predicted octanol–water partition coefficient (Wildman–Crippen LogP) is 3.80. The summed E-state index contributed by atoms with van der Waals surface area (Å²) in [6, 6.07) is 6.94. The van der Waals surface area contributed by atoms with Crippen molar-refractivity contribution in [3.63, 3.8) is 0 Å². The van der Waals surface area contributed by atoms with Crippen molar-refractivity contribution in [2.24, 2.45) is 0 Å². The fourth-order valence-corrected chi connectivity index (χ4v) is 4.50. The van der Waals surface area contributed by atoms with Crippen molar-refractivity contribution in [2.75, 3.05) is 7.11 Å². The van der Waals surface area contributed by atoms with Gasteiger partial charge in [-0.15, -0.1) is 0 Å². The number of carbonyl (C=O) groups is 2. The Labute approximate surface area is 215 Å². The van der Waals surface area contributed by atoms with Gasteiger partial charge >= 0.3 is 5.97 Å². The molecule has 9 nitrogen and oxygen atoms in total. The van der Waals surface area contributed by atoms with Crippen molar-refractivity contribution >= 4 is 23.2 Å². The van der Waals surface area contributed by atoms with Crippen LogP contribution in [0.2, 0.25) is 0 Å². The van der Waals surface area contributed by atoms with Gasteiger partial charge in [-0.2, -0.15) is 0 Å². The predicted molar refractivity (Wildman–Crippen MR) is 140 cm³/mol. The molecule has 0 saturated heterocycles. The zero-order valence-corrected chi connectivity index (χ0v) is 21.7. The molecule has 2 N–H and O–H groups in total. The Hall–Kier alpha value is -3.82. The third-order valence-electron chi connectivity index (χ3n) is 6.34. The molecule has 0 aliphatic carbocycles. The van der Waals surface area contributed by atoms with Gasteiger partial charge in [0.2, 0.25) is 0 Å². The van der Waals surface area contributed by atoms with Crippen LogP contribution in [0.1, 0.15) is 56.1 Å². The third-order valence-corrected chi connectivity index (χ3v) is 6.34. The smallest absolute Gasteiger partial charge is 0.334 e. The maximum atomic E-state index is 13.3. The molecule has 196 valence electrons. The van der Waals surface area contributed by atoms with E-state index in [-0.39, 0.29) is 28.9 Å². The minimum absolute atomic E-state index is 0.0355. The van der Waals surface area contributed by atoms with E-state index in [2.05, 4.69) is 6.58 Å². The lowest BCUT2D eigenvalue weighted by atomic mass is 9.98. The standard InChI is InChI=1S/C26H26N2O7.C2H6/c1-5-16-17-8-15(35-14(3)13(2)26(32)33)6-7-21(17)27-24-19(16)10-28-22(24)9-18(23(30)11-29)20(12-34-4)25(28)31;1-2/h6-9,11,14,23,30H,2,5,10,12H2,1,3-4H3,(H,32,33);1-2H3. The first kappa shape index (κ1) is 27.8. The SMILES string of the molecule is C=C(C(=O)O)C(C)Oc1ccc2nc3c(c(CC)c2c1)Cn1c-3cc(C(O)C=O)c(COC)c1=O.CC. The number of methoxy groups -OCH3 is 1. The molecule has 37 heavy (non-hydrogen) atoms. The van der Waals surface area contributed by atoms with Crippen molar-refractivity contribution in [1.29, 1.82) is 0 Å². The lowest BCUT2D eigenvalue weighted by Gasteiger charge is -2.16. The van der Waals surface area contributed by atoms with Crippen molar-refractivity contribution in [3.8, 4) is 17.1 Å². The number of ether oxygens (including phenoxy) is 2. The zero-order chi connectivity index (χ0) is 27.4. The number of rotatable bonds is 9. The molecule has 3 aromatic rings. The Kier molecular flexibility index (Phi) is 8.62. The summed E-state index contributed by atoms with van der Waals surface area (Å²) in [5, 5.41) is 20.2. The number of hydrogen-bond donors (Lipinski definition) is 2. The summed E-state index contributed by atoms with van der Waals surface area (Å²) in [6.07, 6.45) is -1.13. The molecule has 0 saturated carbocycles. The average Bonchev–Trinajstić information content (AvgIpc) is 3.27. The zero-order valence-electron chi connectivity index (χ0n) is 21.7. The maximum absolute atomic E-state index is 13.3. The number of benzene rings is 1. The summed E-state index contributed by atoms with van der Waals surface area (Å²) in [4.78, 5) is 40.6. The molecule has 1 aromatic carbocycles. The van der Waals surface area contributed by atoms with Crippen molar-refractivity contribution in [3.05, 3.63) is 69.0 Å². The number of aliphatic hydroxyl groups excluding tert-OH is 1. The summed E-state index contributed by atoms with van der Waals surface area (Å²) in [5.41, 5.74) is 3.73. The molecule has 1 aliphatic rings. The number of aliphatic carboxylic acids is 1. The second kappa shape index (κ2) is 11.5. The van der Waals surface area contributed by atoms with Gasteiger partial charge in [-0.05, 0) is 43.2 Å². The molecule has 0 fully saturated rings. The van der Waals surface area contributed by atoms with Crippen LogP contribution >= 0.6 is 0 Å². The highest BCUT2D eigenvalue weighted by atomic mass is 16.5. The topological polar surface area (TPSA) is 128 Å². The van der Waals surface area contributed by atoms with Crippen LogP contribution in [0, 0.1) is 0 Å². The van der Waals surface area contributed by atoms with Crippen molar-refractivity contribution < 1.29 is 29.3 Å². The Morgan fingerprint density at radius 2 is 1.97 bits per heavy atom. The fourth-order valence-electron chi connectivity index (χ4n) is 4.50. The Balaban J connectivity index is 0.00000186. The molecule has 2 atom stereocenters. The first-order chi connectivity index (χ1) is 17.7. The lowest BCUT2D eigenvalue weighted by molar-refractivity contribution is -0.133. The average molecular weight is 509 g/mol. The number of aldehydes is 1. The van der Waals surface area contributed by atoms with E-state index in [0.717, 1.165) is 16.5 Å². The van der Waals surface area contributed by atoms with Gasteiger partial charge < -0.3 is 29.0 Å². The molecule has 3 heterocycles. The number of nitrogens with zero attached hydrogens (tertiary/aromatic N) is 2. The molecule has 0 amide bonds. The van der Waals surface area contributed by atoms with E-state index in [1.807, 2.05) is 26.8 Å². The van der Waals surface area contributed by atoms with Crippen LogP contribution < -0.4 is 10.3 Å². The first-order valence-corrected chi connectivity index (χ1v) is 12.1. The fraction of sp³-hybridized carbons (Fsp3) is 0.357. The molecule has 0 spiro atoms.